The molecule has 1 aromatic carbocycles. The van der Waals surface area contributed by atoms with Crippen molar-refractivity contribution in [2.24, 2.45) is 5.92 Å². The molecule has 0 spiro atoms. The molecule has 1 aromatic rings. The molecule has 1 aliphatic carbocycles. The van der Waals surface area contributed by atoms with Gasteiger partial charge in [0.05, 0.1) is 5.56 Å². The van der Waals surface area contributed by atoms with Crippen molar-refractivity contribution in [3.63, 3.8) is 0 Å². The Balaban J connectivity index is 0.000000581. The minimum absolute atomic E-state index is 0.0452. The Morgan fingerprint density at radius 1 is 1.18 bits per heavy atom. The van der Waals surface area contributed by atoms with E-state index >= 15 is 0 Å². The molecule has 0 saturated heterocycles. The van der Waals surface area contributed by atoms with Gasteiger partial charge >= 0.3 is 0 Å². The van der Waals surface area contributed by atoms with Crippen molar-refractivity contribution in [3.8, 4) is 0 Å². The van der Waals surface area contributed by atoms with Crippen LogP contribution in [0.2, 0.25) is 0 Å². The quantitative estimate of drug-likeness (QED) is 0.647. The van der Waals surface area contributed by atoms with Crippen LogP contribution in [0.25, 0.3) is 0 Å². The molecule has 1 nitrogen and oxygen atoms in total. The van der Waals surface area contributed by atoms with Crippen molar-refractivity contribution in [1.82, 2.24) is 0 Å². The normalized spacial score (nSPS) is 16.4. The lowest BCUT2D eigenvalue weighted by atomic mass is 10.1. The van der Waals surface area contributed by atoms with Crippen LogP contribution in [0.1, 0.15) is 56.1 Å². The van der Waals surface area contributed by atoms with Crippen LogP contribution < -0.4 is 0 Å². The van der Waals surface area contributed by atoms with Gasteiger partial charge in [0.25, 0.3) is 0 Å². The van der Waals surface area contributed by atoms with Gasteiger partial charge in [-0.05, 0) is 24.5 Å². The van der Waals surface area contributed by atoms with Crippen molar-refractivity contribution in [3.05, 3.63) is 34.6 Å². The van der Waals surface area contributed by atoms with E-state index in [0.717, 1.165) is 5.56 Å². The summed E-state index contributed by atoms with van der Waals surface area (Å²) in [6, 6.07) is 3.59. The molecule has 96 valence electrons. The number of carbonyl (C=O) groups is 1. The van der Waals surface area contributed by atoms with Crippen LogP contribution in [-0.2, 0) is 6.42 Å². The van der Waals surface area contributed by atoms with E-state index in [0.29, 0.717) is 17.5 Å². The maximum absolute atomic E-state index is 13.5. The average Bonchev–Trinajstić information content (AvgIpc) is 2.66. The highest BCUT2D eigenvalue weighted by Crippen LogP contribution is 2.29. The molecule has 0 heterocycles. The van der Waals surface area contributed by atoms with E-state index < -0.39 is 0 Å². The maximum Gasteiger partial charge on any atom is 0.169 e. The molecule has 1 aliphatic rings. The first-order chi connectivity index (χ1) is 8.11. The molecule has 0 aromatic heterocycles. The first-order valence-electron chi connectivity index (χ1n) is 6.43. The van der Waals surface area contributed by atoms with Crippen LogP contribution in [-0.4, -0.2) is 5.78 Å². The summed E-state index contributed by atoms with van der Waals surface area (Å²) in [7, 11) is 0. The highest BCUT2D eigenvalue weighted by atomic mass is 19.1. The number of benzene rings is 1. The minimum Gasteiger partial charge on any atom is -0.294 e. The highest BCUT2D eigenvalue weighted by Gasteiger charge is 2.30. The highest BCUT2D eigenvalue weighted by molar-refractivity contribution is 6.02. The number of Topliss-reactive ketones (excluding diaryl/α,β-unsaturated/α-hetero) is 1. The molecule has 1 unspecified atom stereocenters. The number of fused-ring (bicyclic) bond motifs is 1. The van der Waals surface area contributed by atoms with E-state index in [1.165, 1.54) is 0 Å². The van der Waals surface area contributed by atoms with Crippen molar-refractivity contribution >= 4 is 5.78 Å². The number of hydrogen-bond acceptors (Lipinski definition) is 1. The summed E-state index contributed by atoms with van der Waals surface area (Å²) in [4.78, 5) is 11.5. The van der Waals surface area contributed by atoms with Crippen LogP contribution in [0.3, 0.4) is 0 Å². The van der Waals surface area contributed by atoms with E-state index in [-0.39, 0.29) is 17.5 Å². The molecule has 0 bridgehead atoms. The zero-order valence-corrected chi connectivity index (χ0v) is 11.7. The van der Waals surface area contributed by atoms with Gasteiger partial charge in [0.15, 0.2) is 5.78 Å². The zero-order valence-electron chi connectivity index (χ0n) is 11.7. The summed E-state index contributed by atoms with van der Waals surface area (Å²) < 4.78 is 13.5. The molecule has 0 saturated carbocycles. The summed E-state index contributed by atoms with van der Waals surface area (Å²) in [5.41, 5.74) is 1.74. The monoisotopic (exact) mass is 238 g/mol. The lowest BCUT2D eigenvalue weighted by molar-refractivity contribution is 0.0942. The fourth-order valence-electron chi connectivity index (χ4n) is 1.83. The number of ketones is 1. The van der Waals surface area contributed by atoms with Crippen LogP contribution in [0.5, 0.6) is 0 Å². The molecular weight excluding hydrogens is 215 g/mol. The van der Waals surface area contributed by atoms with Gasteiger partial charge in [0.1, 0.15) is 5.82 Å². The predicted octanol–water partition coefficient (Wildman–Crippen LogP) is 4.56. The molecule has 17 heavy (non-hydrogen) atoms. The molecule has 0 amide bonds. The predicted molar refractivity (Wildman–Crippen MR) is 71.0 cm³/mol. The SMILES string of the molecule is CC.CC.Cc1ccc2c(c1F)C(=O)C(C)C2. The van der Waals surface area contributed by atoms with Gasteiger partial charge in [-0.1, -0.05) is 46.8 Å². The van der Waals surface area contributed by atoms with Crippen LogP contribution in [0, 0.1) is 18.7 Å². The number of halogens is 1. The fourth-order valence-corrected chi connectivity index (χ4v) is 1.83. The van der Waals surface area contributed by atoms with Gasteiger partial charge in [-0.15, -0.1) is 0 Å². The van der Waals surface area contributed by atoms with Crippen LogP contribution >= 0.6 is 0 Å². The topological polar surface area (TPSA) is 17.1 Å². The first kappa shape index (κ1) is 15.8. The smallest absolute Gasteiger partial charge is 0.169 e. The Kier molecular flexibility index (Phi) is 6.71. The maximum atomic E-state index is 13.5. The van der Waals surface area contributed by atoms with E-state index in [1.54, 1.807) is 13.0 Å². The second kappa shape index (κ2) is 7.21. The van der Waals surface area contributed by atoms with Gasteiger partial charge in [0, 0.05) is 5.92 Å². The molecule has 0 aliphatic heterocycles. The van der Waals surface area contributed by atoms with Gasteiger partial charge < -0.3 is 0 Å². The third kappa shape index (κ3) is 3.15. The van der Waals surface area contributed by atoms with Gasteiger partial charge in [-0.2, -0.15) is 0 Å². The molecule has 2 rings (SSSR count). The Bertz CT molecular complexity index is 383. The first-order valence-corrected chi connectivity index (χ1v) is 6.43. The number of rotatable bonds is 0. The van der Waals surface area contributed by atoms with Crippen molar-refractivity contribution in [2.75, 3.05) is 0 Å². The fraction of sp³-hybridized carbons (Fsp3) is 0.533. The molecule has 0 N–H and O–H groups in total. The average molecular weight is 238 g/mol. The number of carbonyl (C=O) groups excluding carboxylic acids is 1. The van der Waals surface area contributed by atoms with E-state index in [2.05, 4.69) is 0 Å². The molecule has 2 heteroatoms. The molecule has 0 fully saturated rings. The van der Waals surface area contributed by atoms with Gasteiger partial charge in [0.2, 0.25) is 0 Å². The molecule has 1 atom stereocenters. The van der Waals surface area contributed by atoms with Gasteiger partial charge in [-0.25, -0.2) is 4.39 Å². The lowest BCUT2D eigenvalue weighted by Crippen LogP contribution is -2.05. The van der Waals surface area contributed by atoms with Crippen molar-refractivity contribution in [2.45, 2.75) is 48.0 Å². The summed E-state index contributed by atoms with van der Waals surface area (Å²) in [6.07, 6.45) is 0.686. The van der Waals surface area contributed by atoms with E-state index in [1.807, 2.05) is 40.7 Å². The van der Waals surface area contributed by atoms with Gasteiger partial charge in [-0.3, -0.25) is 4.79 Å². The second-order valence-electron chi connectivity index (χ2n) is 3.70. The summed E-state index contributed by atoms with van der Waals surface area (Å²) in [6.45, 7) is 11.5. The minimum atomic E-state index is -0.327. The van der Waals surface area contributed by atoms with Crippen LogP contribution in [0.15, 0.2) is 12.1 Å². The molecular formula is C15H23FO. The molecule has 0 radical (unpaired) electrons. The zero-order chi connectivity index (χ0) is 13.6. The summed E-state index contributed by atoms with van der Waals surface area (Å²) >= 11 is 0. The van der Waals surface area contributed by atoms with Crippen molar-refractivity contribution < 1.29 is 9.18 Å². The Labute approximate surface area is 104 Å². The van der Waals surface area contributed by atoms with E-state index in [4.69, 9.17) is 0 Å². The number of hydrogen-bond donors (Lipinski definition) is 0. The Morgan fingerprint density at radius 2 is 1.71 bits per heavy atom. The van der Waals surface area contributed by atoms with Crippen LogP contribution in [0.4, 0.5) is 4.39 Å². The second-order valence-corrected chi connectivity index (χ2v) is 3.70. The van der Waals surface area contributed by atoms with Crippen molar-refractivity contribution in [1.29, 1.82) is 0 Å². The standard InChI is InChI=1S/C11H11FO.2C2H6/c1-6-3-4-8-5-7(2)11(13)9(8)10(6)12;2*1-2/h3-4,7H,5H2,1-2H3;2*1-2H3. The third-order valence-electron chi connectivity index (χ3n) is 2.64. The Morgan fingerprint density at radius 3 is 2.24 bits per heavy atom. The van der Waals surface area contributed by atoms with E-state index in [9.17, 15) is 9.18 Å². The largest absolute Gasteiger partial charge is 0.294 e. The number of aryl methyl sites for hydroxylation is 1. The summed E-state index contributed by atoms with van der Waals surface area (Å²) in [5, 5.41) is 0. The lowest BCUT2D eigenvalue weighted by Gasteiger charge is -2.01. The third-order valence-corrected chi connectivity index (χ3v) is 2.64. The summed E-state index contributed by atoms with van der Waals surface area (Å²) in [5.74, 6) is -0.422. The Hall–Kier alpha value is -1.18.